The summed E-state index contributed by atoms with van der Waals surface area (Å²) in [5.74, 6) is 0.0951. The van der Waals surface area contributed by atoms with E-state index < -0.39 is 0 Å². The van der Waals surface area contributed by atoms with Gasteiger partial charge in [0.15, 0.2) is 0 Å². The number of amides is 2. The summed E-state index contributed by atoms with van der Waals surface area (Å²) in [5, 5.41) is 5.69. The van der Waals surface area contributed by atoms with Gasteiger partial charge in [0.05, 0.1) is 7.11 Å². The first-order valence-corrected chi connectivity index (χ1v) is 9.27. The third-order valence-electron chi connectivity index (χ3n) is 4.59. The lowest BCUT2D eigenvalue weighted by atomic mass is 10.1. The molecule has 0 aliphatic carbocycles. The highest BCUT2D eigenvalue weighted by Crippen LogP contribution is 2.17. The average Bonchev–Trinajstić information content (AvgIpc) is 2.77. The molecule has 148 valence electrons. The number of para-hydroxylation sites is 1. The zero-order chi connectivity index (χ0) is 20.6. The molecule has 0 bridgehead atoms. The van der Waals surface area contributed by atoms with E-state index >= 15 is 0 Å². The van der Waals surface area contributed by atoms with Crippen LogP contribution in [0.1, 0.15) is 37.5 Å². The predicted octanol–water partition coefficient (Wildman–Crippen LogP) is 3.26. The number of nitrogens with one attached hydrogen (secondary N) is 2. The van der Waals surface area contributed by atoms with Crippen LogP contribution in [0.3, 0.4) is 0 Å². The van der Waals surface area contributed by atoms with E-state index in [0.29, 0.717) is 24.4 Å². The molecule has 0 unspecified atom stereocenters. The van der Waals surface area contributed by atoms with E-state index in [4.69, 9.17) is 4.74 Å². The molecule has 0 atom stereocenters. The molecule has 0 fully saturated rings. The van der Waals surface area contributed by atoms with Crippen LogP contribution in [0.15, 0.2) is 66.9 Å². The highest BCUT2D eigenvalue weighted by Gasteiger charge is 2.13. The summed E-state index contributed by atoms with van der Waals surface area (Å²) in [4.78, 5) is 29.0. The molecule has 0 saturated carbocycles. The molecule has 2 aromatic carbocycles. The second kappa shape index (κ2) is 9.50. The molecule has 0 saturated heterocycles. The Hall–Kier alpha value is -3.67. The van der Waals surface area contributed by atoms with Crippen molar-refractivity contribution in [1.29, 1.82) is 0 Å². The fraction of sp³-hybridized carbons (Fsp3) is 0.174. The lowest BCUT2D eigenvalue weighted by Crippen LogP contribution is -2.26. The minimum Gasteiger partial charge on any atom is -0.496 e. The van der Waals surface area contributed by atoms with Gasteiger partial charge >= 0.3 is 0 Å². The fourth-order valence-electron chi connectivity index (χ4n) is 2.90. The molecule has 0 aliphatic rings. The normalized spacial score (nSPS) is 10.3. The standard InChI is InChI=1S/C23H23N3O3/c1-16-7-3-4-8-18(16)14-26-23(28)20-13-17(11-12-24-20)22(27)25-15-19-9-5-6-10-21(19)29-2/h3-13H,14-15H2,1-2H3,(H,25,27)(H,26,28). The van der Waals surface area contributed by atoms with Crippen LogP contribution in [-0.4, -0.2) is 23.9 Å². The van der Waals surface area contributed by atoms with Crippen LogP contribution in [-0.2, 0) is 13.1 Å². The monoisotopic (exact) mass is 389 g/mol. The number of aromatic nitrogens is 1. The summed E-state index contributed by atoms with van der Waals surface area (Å²) in [6, 6.07) is 18.4. The molecule has 29 heavy (non-hydrogen) atoms. The Morgan fingerprint density at radius 1 is 0.897 bits per heavy atom. The van der Waals surface area contributed by atoms with Crippen molar-refractivity contribution in [2.24, 2.45) is 0 Å². The van der Waals surface area contributed by atoms with Crippen LogP contribution in [0.2, 0.25) is 0 Å². The minimum absolute atomic E-state index is 0.198. The molecule has 0 radical (unpaired) electrons. The molecule has 6 nitrogen and oxygen atoms in total. The van der Waals surface area contributed by atoms with Crippen molar-refractivity contribution in [3.8, 4) is 5.75 Å². The fourth-order valence-corrected chi connectivity index (χ4v) is 2.90. The van der Waals surface area contributed by atoms with Gasteiger partial charge in [-0.25, -0.2) is 0 Å². The molecular formula is C23H23N3O3. The summed E-state index contributed by atoms with van der Waals surface area (Å²) < 4.78 is 5.29. The number of rotatable bonds is 7. The van der Waals surface area contributed by atoms with Gasteiger partial charge in [-0.2, -0.15) is 0 Å². The number of aryl methyl sites for hydroxylation is 1. The molecule has 2 N–H and O–H groups in total. The number of ether oxygens (including phenoxy) is 1. The Bertz CT molecular complexity index is 1020. The van der Waals surface area contributed by atoms with Gasteiger partial charge in [-0.15, -0.1) is 0 Å². The van der Waals surface area contributed by atoms with Crippen LogP contribution >= 0.6 is 0 Å². The van der Waals surface area contributed by atoms with Crippen molar-refractivity contribution in [2.45, 2.75) is 20.0 Å². The SMILES string of the molecule is COc1ccccc1CNC(=O)c1ccnc(C(=O)NCc2ccccc2C)c1. The minimum atomic E-state index is -0.326. The first kappa shape index (κ1) is 20.1. The van der Waals surface area contributed by atoms with Crippen LogP contribution < -0.4 is 15.4 Å². The zero-order valence-electron chi connectivity index (χ0n) is 16.4. The van der Waals surface area contributed by atoms with Crippen LogP contribution in [0.4, 0.5) is 0 Å². The highest BCUT2D eigenvalue weighted by molar-refractivity contribution is 5.98. The number of benzene rings is 2. The molecular weight excluding hydrogens is 366 g/mol. The summed E-state index contributed by atoms with van der Waals surface area (Å²) in [6.45, 7) is 2.71. The van der Waals surface area contributed by atoms with E-state index in [0.717, 1.165) is 16.7 Å². The van der Waals surface area contributed by atoms with Gasteiger partial charge < -0.3 is 15.4 Å². The maximum Gasteiger partial charge on any atom is 0.270 e. The smallest absolute Gasteiger partial charge is 0.270 e. The van der Waals surface area contributed by atoms with Crippen molar-refractivity contribution in [3.63, 3.8) is 0 Å². The predicted molar refractivity (Wildman–Crippen MR) is 111 cm³/mol. The van der Waals surface area contributed by atoms with Crippen LogP contribution in [0.25, 0.3) is 0 Å². The maximum atomic E-state index is 12.5. The second-order valence-corrected chi connectivity index (χ2v) is 6.53. The van der Waals surface area contributed by atoms with E-state index in [9.17, 15) is 9.59 Å². The van der Waals surface area contributed by atoms with E-state index in [1.165, 1.54) is 12.3 Å². The topological polar surface area (TPSA) is 80.3 Å². The van der Waals surface area contributed by atoms with Crippen molar-refractivity contribution in [1.82, 2.24) is 15.6 Å². The zero-order valence-corrected chi connectivity index (χ0v) is 16.4. The van der Waals surface area contributed by atoms with Crippen molar-refractivity contribution >= 4 is 11.8 Å². The first-order valence-electron chi connectivity index (χ1n) is 9.27. The number of methoxy groups -OCH3 is 1. The van der Waals surface area contributed by atoms with Gasteiger partial charge in [0, 0.05) is 30.4 Å². The number of pyridine rings is 1. The lowest BCUT2D eigenvalue weighted by molar-refractivity contribution is 0.0946. The summed E-state index contributed by atoms with van der Waals surface area (Å²) in [5.41, 5.74) is 3.57. The Kier molecular flexibility index (Phi) is 6.58. The van der Waals surface area contributed by atoms with Gasteiger partial charge in [-0.3, -0.25) is 14.6 Å². The Morgan fingerprint density at radius 2 is 1.55 bits per heavy atom. The van der Waals surface area contributed by atoms with Gasteiger partial charge in [0.25, 0.3) is 11.8 Å². The van der Waals surface area contributed by atoms with Gasteiger partial charge in [-0.1, -0.05) is 42.5 Å². The number of hydrogen-bond acceptors (Lipinski definition) is 4. The van der Waals surface area contributed by atoms with Crippen molar-refractivity contribution < 1.29 is 14.3 Å². The quantitative estimate of drug-likeness (QED) is 0.650. The molecule has 3 rings (SSSR count). The molecule has 0 spiro atoms. The summed E-state index contributed by atoms with van der Waals surface area (Å²) in [7, 11) is 1.59. The second-order valence-electron chi connectivity index (χ2n) is 6.53. The van der Waals surface area contributed by atoms with E-state index in [1.807, 2.05) is 55.5 Å². The van der Waals surface area contributed by atoms with Crippen LogP contribution in [0, 0.1) is 6.92 Å². The van der Waals surface area contributed by atoms with E-state index in [-0.39, 0.29) is 17.5 Å². The molecule has 1 aromatic heterocycles. The summed E-state index contributed by atoms with van der Waals surface area (Å²) in [6.07, 6.45) is 1.46. The van der Waals surface area contributed by atoms with Crippen molar-refractivity contribution in [3.05, 3.63) is 94.8 Å². The van der Waals surface area contributed by atoms with Crippen molar-refractivity contribution in [2.75, 3.05) is 7.11 Å². The van der Waals surface area contributed by atoms with E-state index in [2.05, 4.69) is 15.6 Å². The Labute approximate surface area is 169 Å². The molecule has 6 heteroatoms. The van der Waals surface area contributed by atoms with Gasteiger partial charge in [0.1, 0.15) is 11.4 Å². The largest absolute Gasteiger partial charge is 0.496 e. The number of hydrogen-bond donors (Lipinski definition) is 2. The van der Waals surface area contributed by atoms with Gasteiger partial charge in [0.2, 0.25) is 0 Å². The molecule has 0 aliphatic heterocycles. The van der Waals surface area contributed by atoms with Gasteiger partial charge in [-0.05, 0) is 36.2 Å². The molecule has 3 aromatic rings. The van der Waals surface area contributed by atoms with E-state index in [1.54, 1.807) is 13.2 Å². The maximum absolute atomic E-state index is 12.5. The van der Waals surface area contributed by atoms with Crippen LogP contribution in [0.5, 0.6) is 5.75 Å². The number of nitrogens with zero attached hydrogens (tertiary/aromatic N) is 1. The summed E-state index contributed by atoms with van der Waals surface area (Å²) >= 11 is 0. The number of carbonyl (C=O) groups is 2. The average molecular weight is 389 g/mol. The Balaban J connectivity index is 1.63. The third-order valence-corrected chi connectivity index (χ3v) is 4.59. The lowest BCUT2D eigenvalue weighted by Gasteiger charge is -2.10. The number of carbonyl (C=O) groups excluding carboxylic acids is 2. The highest BCUT2D eigenvalue weighted by atomic mass is 16.5. The third kappa shape index (κ3) is 5.19. The Morgan fingerprint density at radius 3 is 2.31 bits per heavy atom. The first-order chi connectivity index (χ1) is 14.1. The molecule has 2 amide bonds. The molecule has 1 heterocycles.